The molecule has 27 heavy (non-hydrogen) atoms. The Balaban J connectivity index is 1.39. The Morgan fingerprint density at radius 1 is 1.30 bits per heavy atom. The number of likely N-dealkylation sites (N-methyl/N-ethyl adjacent to an activating group) is 1. The minimum absolute atomic E-state index is 0.106. The summed E-state index contributed by atoms with van der Waals surface area (Å²) in [4.78, 5) is 4.67. The van der Waals surface area contributed by atoms with Gasteiger partial charge in [-0.3, -0.25) is 0 Å². The fourth-order valence-corrected chi connectivity index (χ4v) is 4.52. The normalized spacial score (nSPS) is 23.7. The van der Waals surface area contributed by atoms with Gasteiger partial charge in [0.05, 0.1) is 6.04 Å². The lowest BCUT2D eigenvalue weighted by molar-refractivity contribution is -0.00890. The summed E-state index contributed by atoms with van der Waals surface area (Å²) in [5.41, 5.74) is 3.41. The molecule has 1 aromatic rings. The molecule has 0 radical (unpaired) electrons. The summed E-state index contributed by atoms with van der Waals surface area (Å²) in [6.07, 6.45) is 11.6. The van der Waals surface area contributed by atoms with Crippen LogP contribution in [0.3, 0.4) is 0 Å². The van der Waals surface area contributed by atoms with E-state index in [1.54, 1.807) is 12.1 Å². The molecule has 4 heteroatoms. The van der Waals surface area contributed by atoms with E-state index in [4.69, 9.17) is 4.74 Å². The number of likely N-dealkylation sites (tertiary alicyclic amines) is 1. The number of piperidine rings is 1. The Morgan fingerprint density at radius 3 is 2.78 bits per heavy atom. The minimum Gasteiger partial charge on any atom is -0.487 e. The molecule has 0 amide bonds. The van der Waals surface area contributed by atoms with Gasteiger partial charge in [0.2, 0.25) is 0 Å². The summed E-state index contributed by atoms with van der Waals surface area (Å²) in [5, 5.41) is 0. The number of allylic oxidation sites excluding steroid dienone is 2. The highest BCUT2D eigenvalue weighted by molar-refractivity contribution is 5.37. The molecule has 1 atom stereocenters. The number of nitrogens with zero attached hydrogens (tertiary/aromatic N) is 2. The Hall–Kier alpha value is -2.23. The molecule has 0 aromatic heterocycles. The summed E-state index contributed by atoms with van der Waals surface area (Å²) in [6, 6.07) is 5.13. The largest absolute Gasteiger partial charge is 0.487 e. The SMILES string of the molecule is C=C(C1C=CC(CC)=CN1C)N1CCC2(CCc3cc(F)ccc3O2)CC1. The second kappa shape index (κ2) is 7.06. The third-order valence-corrected chi connectivity index (χ3v) is 6.33. The van der Waals surface area contributed by atoms with E-state index in [1.165, 1.54) is 11.6 Å². The van der Waals surface area contributed by atoms with Gasteiger partial charge in [-0.15, -0.1) is 0 Å². The predicted octanol–water partition coefficient (Wildman–Crippen LogP) is 4.66. The Labute approximate surface area is 161 Å². The van der Waals surface area contributed by atoms with E-state index in [0.717, 1.165) is 62.2 Å². The molecule has 3 heterocycles. The molecule has 1 fully saturated rings. The van der Waals surface area contributed by atoms with Crippen LogP contribution in [0.4, 0.5) is 4.39 Å². The third kappa shape index (κ3) is 3.50. The van der Waals surface area contributed by atoms with Crippen molar-refractivity contribution >= 4 is 0 Å². The van der Waals surface area contributed by atoms with Gasteiger partial charge >= 0.3 is 0 Å². The van der Waals surface area contributed by atoms with Gasteiger partial charge in [0.15, 0.2) is 0 Å². The van der Waals surface area contributed by atoms with Gasteiger partial charge in [-0.1, -0.05) is 25.7 Å². The van der Waals surface area contributed by atoms with Gasteiger partial charge < -0.3 is 14.5 Å². The predicted molar refractivity (Wildman–Crippen MR) is 107 cm³/mol. The van der Waals surface area contributed by atoms with Crippen LogP contribution in [0.1, 0.15) is 38.2 Å². The van der Waals surface area contributed by atoms with Crippen molar-refractivity contribution in [3.63, 3.8) is 0 Å². The van der Waals surface area contributed by atoms with Gasteiger partial charge in [-0.05, 0) is 48.6 Å². The number of benzene rings is 1. The van der Waals surface area contributed by atoms with E-state index in [-0.39, 0.29) is 17.5 Å². The molecule has 3 aliphatic rings. The third-order valence-electron chi connectivity index (χ3n) is 6.33. The van der Waals surface area contributed by atoms with Crippen LogP contribution in [0.2, 0.25) is 0 Å². The van der Waals surface area contributed by atoms with Gasteiger partial charge in [-0.2, -0.15) is 0 Å². The van der Waals surface area contributed by atoms with Crippen LogP contribution in [-0.2, 0) is 6.42 Å². The maximum atomic E-state index is 13.4. The van der Waals surface area contributed by atoms with E-state index in [2.05, 4.69) is 48.7 Å². The fourth-order valence-electron chi connectivity index (χ4n) is 4.52. The van der Waals surface area contributed by atoms with Crippen LogP contribution in [0, 0.1) is 5.82 Å². The molecule has 4 rings (SSSR count). The van der Waals surface area contributed by atoms with Crippen LogP contribution in [0.25, 0.3) is 0 Å². The topological polar surface area (TPSA) is 15.7 Å². The summed E-state index contributed by atoms with van der Waals surface area (Å²) in [5.74, 6) is 0.687. The van der Waals surface area contributed by atoms with Crippen LogP contribution >= 0.6 is 0 Å². The first-order valence-corrected chi connectivity index (χ1v) is 10.0. The van der Waals surface area contributed by atoms with E-state index >= 15 is 0 Å². The van der Waals surface area contributed by atoms with E-state index in [0.29, 0.717) is 0 Å². The van der Waals surface area contributed by atoms with Crippen molar-refractivity contribution < 1.29 is 9.13 Å². The van der Waals surface area contributed by atoms with Crippen molar-refractivity contribution in [2.45, 2.75) is 50.7 Å². The second-order valence-electron chi connectivity index (χ2n) is 8.04. The lowest BCUT2D eigenvalue weighted by atomic mass is 9.82. The van der Waals surface area contributed by atoms with Crippen molar-refractivity contribution in [1.29, 1.82) is 0 Å². The summed E-state index contributed by atoms with van der Waals surface area (Å²) < 4.78 is 19.8. The van der Waals surface area contributed by atoms with E-state index < -0.39 is 0 Å². The number of hydrogen-bond acceptors (Lipinski definition) is 3. The van der Waals surface area contributed by atoms with E-state index in [9.17, 15) is 4.39 Å². The zero-order chi connectivity index (χ0) is 19.0. The smallest absolute Gasteiger partial charge is 0.123 e. The van der Waals surface area contributed by atoms with Gasteiger partial charge in [0.25, 0.3) is 0 Å². The molecular formula is C23H29FN2O. The average molecular weight is 368 g/mol. The molecule has 3 nitrogen and oxygen atoms in total. The zero-order valence-corrected chi connectivity index (χ0v) is 16.4. The first-order valence-electron chi connectivity index (χ1n) is 10.0. The van der Waals surface area contributed by atoms with Crippen LogP contribution < -0.4 is 4.74 Å². The van der Waals surface area contributed by atoms with Crippen molar-refractivity contribution in [1.82, 2.24) is 9.80 Å². The van der Waals surface area contributed by atoms with Gasteiger partial charge in [0.1, 0.15) is 17.2 Å². The molecule has 1 unspecified atom stereocenters. The molecule has 0 saturated carbocycles. The van der Waals surface area contributed by atoms with Crippen molar-refractivity contribution in [2.75, 3.05) is 20.1 Å². The molecule has 1 saturated heterocycles. The van der Waals surface area contributed by atoms with Crippen molar-refractivity contribution in [3.05, 3.63) is 65.8 Å². The molecule has 0 N–H and O–H groups in total. The first-order chi connectivity index (χ1) is 13.0. The van der Waals surface area contributed by atoms with Crippen molar-refractivity contribution in [2.24, 2.45) is 0 Å². The van der Waals surface area contributed by atoms with Gasteiger partial charge in [-0.25, -0.2) is 4.39 Å². The number of ether oxygens (including phenoxy) is 1. The molecule has 0 aliphatic carbocycles. The maximum Gasteiger partial charge on any atom is 0.123 e. The van der Waals surface area contributed by atoms with Crippen LogP contribution in [0.15, 0.2) is 54.4 Å². The van der Waals surface area contributed by atoms with E-state index in [1.807, 2.05) is 0 Å². The highest BCUT2D eigenvalue weighted by Gasteiger charge is 2.40. The number of aryl methyl sites for hydroxylation is 1. The highest BCUT2D eigenvalue weighted by Crippen LogP contribution is 2.40. The number of hydrogen-bond donors (Lipinski definition) is 0. The molecule has 1 spiro atoms. The maximum absolute atomic E-state index is 13.4. The molecule has 0 bridgehead atoms. The van der Waals surface area contributed by atoms with Gasteiger partial charge in [0, 0.05) is 44.9 Å². The summed E-state index contributed by atoms with van der Waals surface area (Å²) >= 11 is 0. The van der Waals surface area contributed by atoms with Crippen LogP contribution in [0.5, 0.6) is 5.75 Å². The molecule has 144 valence electrons. The quantitative estimate of drug-likeness (QED) is 0.771. The zero-order valence-electron chi connectivity index (χ0n) is 16.4. The Morgan fingerprint density at radius 2 is 2.07 bits per heavy atom. The van der Waals surface area contributed by atoms with Crippen LogP contribution in [-0.4, -0.2) is 41.6 Å². The molecule has 3 aliphatic heterocycles. The molecular weight excluding hydrogens is 339 g/mol. The fraction of sp³-hybridized carbons (Fsp3) is 0.478. The minimum atomic E-state index is -0.177. The Bertz CT molecular complexity index is 790. The Kier molecular flexibility index (Phi) is 4.75. The first kappa shape index (κ1) is 18.1. The number of rotatable bonds is 3. The standard InChI is InChI=1S/C23H29FN2O/c1-4-18-5-7-21(25(3)16-18)17(2)26-13-11-23(12-14-26)10-9-19-15-20(24)6-8-22(19)27-23/h5-8,15-16,21H,2,4,9-14H2,1,3H3. The average Bonchev–Trinajstić information content (AvgIpc) is 2.68. The monoisotopic (exact) mass is 368 g/mol. The number of fused-ring (bicyclic) bond motifs is 1. The lowest BCUT2D eigenvalue weighted by Gasteiger charge is -2.47. The number of halogens is 1. The highest BCUT2D eigenvalue weighted by atomic mass is 19.1. The molecule has 1 aromatic carbocycles. The van der Waals surface area contributed by atoms with Crippen molar-refractivity contribution in [3.8, 4) is 5.75 Å². The lowest BCUT2D eigenvalue weighted by Crippen LogP contribution is -2.51. The summed E-state index contributed by atoms with van der Waals surface area (Å²) in [6.45, 7) is 8.50. The second-order valence-corrected chi connectivity index (χ2v) is 8.04. The summed E-state index contributed by atoms with van der Waals surface area (Å²) in [7, 11) is 2.13.